The minimum absolute atomic E-state index is 0.478. The molecule has 0 saturated heterocycles. The summed E-state index contributed by atoms with van der Waals surface area (Å²) < 4.78 is 6.93. The van der Waals surface area contributed by atoms with Gasteiger partial charge in [-0.3, -0.25) is 0 Å². The largest absolute Gasteiger partial charge is 0.497 e. The smallest absolute Gasteiger partial charge is 0.157 e. The van der Waals surface area contributed by atoms with Crippen LogP contribution in [0.1, 0.15) is 5.69 Å². The second-order valence-corrected chi connectivity index (χ2v) is 4.64. The molecular weight excluding hydrogens is 262 g/mol. The lowest BCUT2D eigenvalue weighted by atomic mass is 10.1. The first-order valence-corrected chi connectivity index (χ1v) is 6.22. The van der Waals surface area contributed by atoms with Crippen molar-refractivity contribution in [3.63, 3.8) is 0 Å². The van der Waals surface area contributed by atoms with Gasteiger partial charge >= 0.3 is 0 Å². The number of nitrogens with zero attached hydrogens (tertiary/aromatic N) is 3. The maximum Gasteiger partial charge on any atom is 0.157 e. The van der Waals surface area contributed by atoms with Gasteiger partial charge in [-0.25, -0.2) is 9.50 Å². The molecule has 3 aromatic rings. The molecule has 19 heavy (non-hydrogen) atoms. The Morgan fingerprint density at radius 2 is 1.89 bits per heavy atom. The van der Waals surface area contributed by atoms with E-state index in [0.717, 1.165) is 28.3 Å². The van der Waals surface area contributed by atoms with Crippen LogP contribution >= 0.6 is 11.6 Å². The predicted octanol–water partition coefficient (Wildman–Crippen LogP) is 3.37. The summed E-state index contributed by atoms with van der Waals surface area (Å²) in [6.07, 6.45) is 0. The number of ether oxygens (including phenoxy) is 1. The Hall–Kier alpha value is -2.07. The standard InChI is InChI=1S/C14H12ClN3O/c1-9-7-13(15)16-14-8-12(17-18(9)14)10-3-5-11(19-2)6-4-10/h3-8H,1-2H3. The molecule has 0 spiro atoms. The van der Waals surface area contributed by atoms with Crippen LogP contribution in [0.25, 0.3) is 16.9 Å². The van der Waals surface area contributed by atoms with Crippen molar-refractivity contribution in [2.75, 3.05) is 7.11 Å². The Bertz CT molecular complexity index is 734. The summed E-state index contributed by atoms with van der Waals surface area (Å²) in [7, 11) is 1.65. The molecular formula is C14H12ClN3O. The average Bonchev–Trinajstić information content (AvgIpc) is 2.83. The van der Waals surface area contributed by atoms with E-state index < -0.39 is 0 Å². The molecule has 0 saturated carbocycles. The molecule has 0 N–H and O–H groups in total. The van der Waals surface area contributed by atoms with E-state index >= 15 is 0 Å². The van der Waals surface area contributed by atoms with Gasteiger partial charge in [0.1, 0.15) is 10.9 Å². The van der Waals surface area contributed by atoms with Crippen LogP contribution < -0.4 is 4.74 Å². The molecule has 3 rings (SSSR count). The van der Waals surface area contributed by atoms with Crippen molar-refractivity contribution < 1.29 is 4.74 Å². The number of methoxy groups -OCH3 is 1. The fourth-order valence-electron chi connectivity index (χ4n) is 1.99. The minimum Gasteiger partial charge on any atom is -0.497 e. The molecule has 4 nitrogen and oxygen atoms in total. The molecule has 0 bridgehead atoms. The highest BCUT2D eigenvalue weighted by molar-refractivity contribution is 6.29. The second-order valence-electron chi connectivity index (χ2n) is 4.25. The maximum absolute atomic E-state index is 5.95. The van der Waals surface area contributed by atoms with Crippen molar-refractivity contribution in [2.45, 2.75) is 6.92 Å². The lowest BCUT2D eigenvalue weighted by Gasteiger charge is -2.00. The fourth-order valence-corrected chi connectivity index (χ4v) is 2.23. The lowest BCUT2D eigenvalue weighted by molar-refractivity contribution is 0.415. The number of benzene rings is 1. The van der Waals surface area contributed by atoms with Crippen molar-refractivity contribution >= 4 is 17.2 Å². The van der Waals surface area contributed by atoms with Gasteiger partial charge in [0, 0.05) is 17.3 Å². The molecule has 2 aromatic heterocycles. The Kier molecular flexibility index (Phi) is 2.87. The number of aromatic nitrogens is 3. The van der Waals surface area contributed by atoms with Crippen LogP contribution in [0.5, 0.6) is 5.75 Å². The van der Waals surface area contributed by atoms with Crippen molar-refractivity contribution in [2.24, 2.45) is 0 Å². The van der Waals surface area contributed by atoms with Gasteiger partial charge in [-0.05, 0) is 37.3 Å². The Balaban J connectivity index is 2.12. The highest BCUT2D eigenvalue weighted by atomic mass is 35.5. The van der Waals surface area contributed by atoms with Gasteiger partial charge in [0.25, 0.3) is 0 Å². The number of rotatable bonds is 2. The zero-order chi connectivity index (χ0) is 13.4. The van der Waals surface area contributed by atoms with Gasteiger partial charge in [-0.1, -0.05) is 11.6 Å². The summed E-state index contributed by atoms with van der Waals surface area (Å²) >= 11 is 5.95. The molecule has 0 amide bonds. The first kappa shape index (κ1) is 12.0. The average molecular weight is 274 g/mol. The minimum atomic E-state index is 0.478. The topological polar surface area (TPSA) is 39.4 Å². The Morgan fingerprint density at radius 1 is 1.16 bits per heavy atom. The van der Waals surface area contributed by atoms with Crippen LogP contribution in [0.2, 0.25) is 5.15 Å². The molecule has 0 radical (unpaired) electrons. The van der Waals surface area contributed by atoms with E-state index in [-0.39, 0.29) is 0 Å². The van der Waals surface area contributed by atoms with Crippen molar-refractivity contribution in [3.05, 3.63) is 47.2 Å². The molecule has 0 unspecified atom stereocenters. The molecule has 1 aromatic carbocycles. The zero-order valence-electron chi connectivity index (χ0n) is 10.6. The van der Waals surface area contributed by atoms with Crippen LogP contribution in [-0.4, -0.2) is 21.7 Å². The number of halogens is 1. The SMILES string of the molecule is COc1ccc(-c2cc3nc(Cl)cc(C)n3n2)cc1. The van der Waals surface area contributed by atoms with Gasteiger partial charge in [0.2, 0.25) is 0 Å². The number of hydrogen-bond acceptors (Lipinski definition) is 3. The van der Waals surface area contributed by atoms with E-state index in [1.165, 1.54) is 0 Å². The molecule has 5 heteroatoms. The molecule has 0 aliphatic carbocycles. The summed E-state index contributed by atoms with van der Waals surface area (Å²) in [5.74, 6) is 0.824. The van der Waals surface area contributed by atoms with Crippen molar-refractivity contribution in [1.82, 2.24) is 14.6 Å². The van der Waals surface area contributed by atoms with E-state index in [2.05, 4.69) is 10.1 Å². The zero-order valence-corrected chi connectivity index (χ0v) is 11.3. The van der Waals surface area contributed by atoms with E-state index in [1.54, 1.807) is 17.7 Å². The molecule has 0 fully saturated rings. The highest BCUT2D eigenvalue weighted by Crippen LogP contribution is 2.23. The van der Waals surface area contributed by atoms with Gasteiger partial charge in [-0.15, -0.1) is 0 Å². The summed E-state index contributed by atoms with van der Waals surface area (Å²) in [6.45, 7) is 1.95. The maximum atomic E-state index is 5.95. The van der Waals surface area contributed by atoms with Gasteiger partial charge in [0.15, 0.2) is 5.65 Å². The van der Waals surface area contributed by atoms with Crippen molar-refractivity contribution in [3.8, 4) is 17.0 Å². The molecule has 2 heterocycles. The van der Waals surface area contributed by atoms with E-state index in [1.807, 2.05) is 37.3 Å². The third-order valence-corrected chi connectivity index (χ3v) is 3.15. The van der Waals surface area contributed by atoms with Crippen LogP contribution in [0.3, 0.4) is 0 Å². The third-order valence-electron chi connectivity index (χ3n) is 2.96. The van der Waals surface area contributed by atoms with Gasteiger partial charge < -0.3 is 4.74 Å². The number of fused-ring (bicyclic) bond motifs is 1. The summed E-state index contributed by atoms with van der Waals surface area (Å²) in [5, 5.41) is 5.01. The molecule has 0 aliphatic heterocycles. The predicted molar refractivity (Wildman–Crippen MR) is 74.7 cm³/mol. The van der Waals surface area contributed by atoms with Crippen LogP contribution in [0, 0.1) is 6.92 Å². The highest BCUT2D eigenvalue weighted by Gasteiger charge is 2.08. The molecule has 0 atom stereocenters. The third kappa shape index (κ3) is 2.15. The first-order valence-electron chi connectivity index (χ1n) is 5.85. The van der Waals surface area contributed by atoms with Gasteiger partial charge in [-0.2, -0.15) is 5.10 Å². The summed E-state index contributed by atoms with van der Waals surface area (Å²) in [4.78, 5) is 4.26. The monoisotopic (exact) mass is 273 g/mol. The van der Waals surface area contributed by atoms with Crippen LogP contribution in [-0.2, 0) is 0 Å². The normalized spacial score (nSPS) is 10.9. The van der Waals surface area contributed by atoms with E-state index in [9.17, 15) is 0 Å². The quantitative estimate of drug-likeness (QED) is 0.672. The first-order chi connectivity index (χ1) is 9.17. The van der Waals surface area contributed by atoms with Crippen LogP contribution in [0.4, 0.5) is 0 Å². The number of hydrogen-bond donors (Lipinski definition) is 0. The van der Waals surface area contributed by atoms with Crippen molar-refractivity contribution in [1.29, 1.82) is 0 Å². The molecule has 96 valence electrons. The fraction of sp³-hybridized carbons (Fsp3) is 0.143. The molecule has 0 aliphatic rings. The lowest BCUT2D eigenvalue weighted by Crippen LogP contribution is -1.95. The van der Waals surface area contributed by atoms with E-state index in [4.69, 9.17) is 16.3 Å². The van der Waals surface area contributed by atoms with Gasteiger partial charge in [0.05, 0.1) is 12.8 Å². The Morgan fingerprint density at radius 3 is 2.58 bits per heavy atom. The van der Waals surface area contributed by atoms with Crippen LogP contribution in [0.15, 0.2) is 36.4 Å². The summed E-state index contributed by atoms with van der Waals surface area (Å²) in [5.41, 5.74) is 3.58. The number of aryl methyl sites for hydroxylation is 1. The Labute approximate surface area is 115 Å². The summed E-state index contributed by atoms with van der Waals surface area (Å²) in [6, 6.07) is 11.5. The second kappa shape index (κ2) is 4.55. The van der Waals surface area contributed by atoms with E-state index in [0.29, 0.717) is 5.15 Å².